The number of aliphatic carboxylic acids is 1. The molecule has 0 aliphatic heterocycles. The molecule has 3 N–H and O–H groups in total. The Morgan fingerprint density at radius 3 is 2.23 bits per heavy atom. The summed E-state index contributed by atoms with van der Waals surface area (Å²) < 4.78 is 9.34. The Morgan fingerprint density at radius 1 is 1.10 bits per heavy atom. The number of hydrogen-bond acceptors (Lipinski definition) is 7. The van der Waals surface area contributed by atoms with E-state index < -0.39 is 29.6 Å². The predicted octanol–water partition coefficient (Wildman–Crippen LogP) is 2.54. The summed E-state index contributed by atoms with van der Waals surface area (Å²) in [5, 5.41) is 18.2. The Bertz CT molecular complexity index is 896. The van der Waals surface area contributed by atoms with Crippen molar-refractivity contribution in [3.05, 3.63) is 57.5 Å². The molecule has 0 aliphatic carbocycles. The van der Waals surface area contributed by atoms with Gasteiger partial charge in [0, 0.05) is 6.42 Å². The van der Waals surface area contributed by atoms with Crippen LogP contribution in [-0.2, 0) is 27.5 Å². The van der Waals surface area contributed by atoms with Crippen molar-refractivity contribution in [2.45, 2.75) is 46.6 Å². The Labute approximate surface area is 172 Å². The van der Waals surface area contributed by atoms with Gasteiger partial charge in [-0.15, -0.1) is 0 Å². The first kappa shape index (κ1) is 24.6. The average Bonchev–Trinajstić information content (AvgIpc) is 3.03. The maximum Gasteiger partial charge on any atom is 0.519 e. The molecule has 1 amide bonds. The first-order valence-electron chi connectivity index (χ1n) is 9.31. The number of benzene rings is 1. The summed E-state index contributed by atoms with van der Waals surface area (Å²) in [5.74, 6) is -3.98. The van der Waals surface area contributed by atoms with E-state index in [2.05, 4.69) is 9.90 Å². The lowest BCUT2D eigenvalue weighted by molar-refractivity contribution is -0.142. The van der Waals surface area contributed by atoms with Crippen LogP contribution >= 0.6 is 0 Å². The van der Waals surface area contributed by atoms with E-state index in [1.54, 1.807) is 12.1 Å². The van der Waals surface area contributed by atoms with Crippen LogP contribution in [0.4, 0.5) is 0 Å². The molecule has 1 aromatic carbocycles. The Morgan fingerprint density at radius 2 is 1.73 bits per heavy atom. The van der Waals surface area contributed by atoms with Gasteiger partial charge >= 0.3 is 17.8 Å². The summed E-state index contributed by atoms with van der Waals surface area (Å²) in [4.78, 5) is 49.9. The summed E-state index contributed by atoms with van der Waals surface area (Å²) >= 11 is 0. The van der Waals surface area contributed by atoms with Gasteiger partial charge < -0.3 is 19.0 Å². The smallest absolute Gasteiger partial charge is 0.481 e. The highest BCUT2D eigenvalue weighted by Gasteiger charge is 2.20. The predicted molar refractivity (Wildman–Crippen MR) is 104 cm³/mol. The van der Waals surface area contributed by atoms with Gasteiger partial charge in [0.25, 0.3) is 0 Å². The third kappa shape index (κ3) is 7.92. The van der Waals surface area contributed by atoms with Crippen LogP contribution in [0.1, 0.15) is 54.1 Å². The van der Waals surface area contributed by atoms with Crippen LogP contribution in [0, 0.1) is 12.8 Å². The number of rotatable bonds is 10. The first-order valence-corrected chi connectivity index (χ1v) is 9.31. The minimum Gasteiger partial charge on any atom is -0.481 e. The Balaban J connectivity index is 0.00000218. The normalized spacial score (nSPS) is 11.2. The number of aryl methyl sites for hydroxylation is 1. The van der Waals surface area contributed by atoms with Crippen LogP contribution in [0.15, 0.2) is 37.9 Å². The fourth-order valence-corrected chi connectivity index (χ4v) is 2.43. The molecule has 1 atom stereocenters. The van der Waals surface area contributed by atoms with Crippen LogP contribution in [0.3, 0.4) is 0 Å². The van der Waals surface area contributed by atoms with Crippen molar-refractivity contribution in [2.75, 3.05) is 0 Å². The maximum atomic E-state index is 11.8. The molecular weight excluding hydrogens is 398 g/mol. The maximum absolute atomic E-state index is 11.8. The molecule has 0 bridgehead atoms. The largest absolute Gasteiger partial charge is 0.519 e. The zero-order chi connectivity index (χ0) is 22.7. The summed E-state index contributed by atoms with van der Waals surface area (Å²) in [6.07, 6.45) is 0.117. The van der Waals surface area contributed by atoms with Crippen molar-refractivity contribution >= 4 is 17.8 Å². The van der Waals surface area contributed by atoms with Gasteiger partial charge in [0.15, 0.2) is 5.76 Å². The minimum atomic E-state index is -1.07. The van der Waals surface area contributed by atoms with E-state index in [1.807, 2.05) is 13.8 Å². The molecule has 2 aromatic rings. The lowest BCUT2D eigenvalue weighted by Crippen LogP contribution is -2.26. The van der Waals surface area contributed by atoms with Gasteiger partial charge in [-0.2, -0.15) is 0 Å². The van der Waals surface area contributed by atoms with Gasteiger partial charge in [-0.3, -0.25) is 14.4 Å². The fraction of sp³-hybridized carbons (Fsp3) is 0.400. The fourth-order valence-electron chi connectivity index (χ4n) is 2.43. The van der Waals surface area contributed by atoms with Crippen LogP contribution in [0.25, 0.3) is 0 Å². The molecule has 0 aliphatic rings. The second-order valence-electron chi connectivity index (χ2n) is 6.03. The van der Waals surface area contributed by atoms with Crippen LogP contribution in [0.5, 0.6) is 0 Å². The number of amides is 1. The van der Waals surface area contributed by atoms with Crippen molar-refractivity contribution in [1.29, 1.82) is 0 Å². The second kappa shape index (κ2) is 12.2. The van der Waals surface area contributed by atoms with Gasteiger partial charge in [-0.1, -0.05) is 26.0 Å². The molecule has 10 heteroatoms. The number of hydroxylamine groups is 1. The lowest BCUT2D eigenvalue weighted by atomic mass is 9.94. The van der Waals surface area contributed by atoms with Crippen LogP contribution in [-0.4, -0.2) is 28.1 Å². The summed E-state index contributed by atoms with van der Waals surface area (Å²) in [5.41, 5.74) is 2.90. The molecule has 0 saturated carbocycles. The molecule has 1 heterocycles. The molecule has 0 saturated heterocycles. The molecule has 1 aromatic heterocycles. The zero-order valence-electron chi connectivity index (χ0n) is 17.0. The van der Waals surface area contributed by atoms with Crippen LogP contribution in [0.2, 0.25) is 0 Å². The summed E-state index contributed by atoms with van der Waals surface area (Å²) in [6, 6.07) is 5.88. The van der Waals surface area contributed by atoms with Gasteiger partial charge in [-0.05, 0) is 37.5 Å². The van der Waals surface area contributed by atoms with E-state index in [1.165, 1.54) is 19.1 Å². The van der Waals surface area contributed by atoms with Crippen molar-refractivity contribution < 1.29 is 38.3 Å². The molecule has 30 heavy (non-hydrogen) atoms. The zero-order valence-corrected chi connectivity index (χ0v) is 17.0. The highest BCUT2D eigenvalue weighted by Crippen LogP contribution is 2.16. The average molecular weight is 423 g/mol. The standard InChI is InChI=1S/C18H19NO9.C2H6/c1-10-14(28-18(25)27-10)9-26-19-15(20)7-6-13(17(23)24)8-11-2-4-12(5-3-11)16(21)22;1-2/h2-5,13H,6-9H2,1H3,(H,19,20)(H,21,22)(H,23,24);1-2H3. The quantitative estimate of drug-likeness (QED) is 0.489. The number of carboxylic acid groups (broad SMARTS) is 2. The number of carbonyl (C=O) groups excluding carboxylic acids is 1. The molecule has 0 fully saturated rings. The van der Waals surface area contributed by atoms with Crippen molar-refractivity contribution in [3.8, 4) is 0 Å². The topological polar surface area (TPSA) is 156 Å². The molecule has 164 valence electrons. The molecular formula is C20H25NO9. The monoisotopic (exact) mass is 423 g/mol. The van der Waals surface area contributed by atoms with Gasteiger partial charge in [0.1, 0.15) is 12.4 Å². The van der Waals surface area contributed by atoms with E-state index in [9.17, 15) is 24.3 Å². The Kier molecular flexibility index (Phi) is 10.0. The van der Waals surface area contributed by atoms with E-state index in [-0.39, 0.29) is 43.0 Å². The van der Waals surface area contributed by atoms with Gasteiger partial charge in [0.2, 0.25) is 5.91 Å². The van der Waals surface area contributed by atoms with E-state index in [4.69, 9.17) is 14.4 Å². The highest BCUT2D eigenvalue weighted by molar-refractivity contribution is 5.87. The van der Waals surface area contributed by atoms with Gasteiger partial charge in [-0.25, -0.2) is 15.1 Å². The van der Waals surface area contributed by atoms with Crippen molar-refractivity contribution in [3.63, 3.8) is 0 Å². The highest BCUT2D eigenvalue weighted by atomic mass is 16.7. The van der Waals surface area contributed by atoms with E-state index in [0.29, 0.717) is 5.56 Å². The third-order valence-corrected chi connectivity index (χ3v) is 3.98. The number of aromatic carboxylic acids is 1. The van der Waals surface area contributed by atoms with Crippen molar-refractivity contribution in [2.24, 2.45) is 5.92 Å². The molecule has 0 radical (unpaired) electrons. The van der Waals surface area contributed by atoms with Crippen molar-refractivity contribution in [1.82, 2.24) is 5.48 Å². The number of nitrogens with one attached hydrogen (secondary N) is 1. The summed E-state index contributed by atoms with van der Waals surface area (Å²) in [7, 11) is 0. The first-order chi connectivity index (χ1) is 14.3. The second-order valence-corrected chi connectivity index (χ2v) is 6.03. The lowest BCUT2D eigenvalue weighted by Gasteiger charge is -2.12. The van der Waals surface area contributed by atoms with E-state index in [0.717, 1.165) is 0 Å². The Hall–Kier alpha value is -3.40. The number of carbonyl (C=O) groups is 3. The van der Waals surface area contributed by atoms with Gasteiger partial charge in [0.05, 0.1) is 11.5 Å². The number of carboxylic acids is 2. The van der Waals surface area contributed by atoms with Crippen LogP contribution < -0.4 is 11.3 Å². The third-order valence-electron chi connectivity index (χ3n) is 3.98. The number of hydrogen-bond donors (Lipinski definition) is 3. The minimum absolute atomic E-state index is 0.0605. The molecule has 0 spiro atoms. The molecule has 1 unspecified atom stereocenters. The molecule has 10 nitrogen and oxygen atoms in total. The van der Waals surface area contributed by atoms with E-state index >= 15 is 0 Å². The summed E-state index contributed by atoms with van der Waals surface area (Å²) in [6.45, 7) is 5.30. The SMILES string of the molecule is CC.Cc1oc(=O)oc1CONC(=O)CCC(Cc1ccc(C(=O)O)cc1)C(=O)O. The molecule has 2 rings (SSSR count).